The van der Waals surface area contributed by atoms with Crippen molar-refractivity contribution in [1.82, 2.24) is 10.2 Å². The zero-order chi connectivity index (χ0) is 15.5. The quantitative estimate of drug-likeness (QED) is 0.776. The number of H-pyrrole nitrogens is 1. The summed E-state index contributed by atoms with van der Waals surface area (Å²) in [5.74, 6) is -0.363. The molecule has 3 rings (SSSR count). The molecule has 2 N–H and O–H groups in total. The summed E-state index contributed by atoms with van der Waals surface area (Å²) >= 11 is 0. The van der Waals surface area contributed by atoms with Crippen LogP contribution in [0.15, 0.2) is 48.5 Å². The third kappa shape index (κ3) is 2.88. The zero-order valence-electron chi connectivity index (χ0n) is 11.2. The molecule has 0 radical (unpaired) electrons. The molecule has 2 aromatic carbocycles. The minimum atomic E-state index is -2.88. The van der Waals surface area contributed by atoms with Crippen LogP contribution in [-0.2, 0) is 0 Å². The van der Waals surface area contributed by atoms with Crippen LogP contribution in [0.4, 0.5) is 14.5 Å². The Hall–Kier alpha value is -2.96. The smallest absolute Gasteiger partial charge is 0.387 e. The molecule has 0 fully saturated rings. The van der Waals surface area contributed by atoms with Crippen molar-refractivity contribution in [2.75, 3.05) is 5.32 Å². The first kappa shape index (κ1) is 14.0. The number of nitrogens with zero attached hydrogens (tertiary/aromatic N) is 1. The molecule has 7 heteroatoms. The number of ether oxygens (including phenoxy) is 1. The Morgan fingerprint density at radius 1 is 1.14 bits per heavy atom. The molecule has 0 spiro atoms. The number of carbonyl (C=O) groups is 1. The van der Waals surface area contributed by atoms with Gasteiger partial charge in [-0.15, -0.1) is 0 Å². The Morgan fingerprint density at radius 3 is 2.59 bits per heavy atom. The number of aromatic amines is 1. The van der Waals surface area contributed by atoms with Crippen LogP contribution in [0.1, 0.15) is 10.5 Å². The maximum absolute atomic E-state index is 12.2. The van der Waals surface area contributed by atoms with Crippen molar-refractivity contribution in [3.05, 3.63) is 54.2 Å². The van der Waals surface area contributed by atoms with Crippen LogP contribution in [0.3, 0.4) is 0 Å². The Kier molecular flexibility index (Phi) is 3.69. The van der Waals surface area contributed by atoms with Crippen LogP contribution in [0.2, 0.25) is 0 Å². The molecule has 1 aromatic heterocycles. The van der Waals surface area contributed by atoms with Gasteiger partial charge in [0.25, 0.3) is 5.91 Å². The van der Waals surface area contributed by atoms with E-state index in [0.717, 1.165) is 5.52 Å². The second-order valence-corrected chi connectivity index (χ2v) is 4.47. The van der Waals surface area contributed by atoms with E-state index >= 15 is 0 Å². The first-order chi connectivity index (χ1) is 10.6. The fourth-order valence-corrected chi connectivity index (χ4v) is 2.05. The van der Waals surface area contributed by atoms with Gasteiger partial charge in [0.15, 0.2) is 5.69 Å². The number of hydrogen-bond acceptors (Lipinski definition) is 3. The number of carbonyl (C=O) groups excluding carboxylic acids is 1. The Morgan fingerprint density at radius 2 is 1.86 bits per heavy atom. The van der Waals surface area contributed by atoms with Gasteiger partial charge in [-0.25, -0.2) is 0 Å². The van der Waals surface area contributed by atoms with Gasteiger partial charge in [0.2, 0.25) is 0 Å². The van der Waals surface area contributed by atoms with E-state index in [1.807, 2.05) is 18.2 Å². The number of rotatable bonds is 4. The van der Waals surface area contributed by atoms with E-state index < -0.39 is 6.61 Å². The van der Waals surface area contributed by atoms with Gasteiger partial charge >= 0.3 is 6.61 Å². The number of halogens is 2. The molecular weight excluding hydrogens is 292 g/mol. The van der Waals surface area contributed by atoms with Crippen molar-refractivity contribution >= 4 is 22.5 Å². The SMILES string of the molecule is O=C(Nc1ccc(OC(F)F)cc1)c1n[nH]c2ccccc12. The van der Waals surface area contributed by atoms with Gasteiger partial charge in [-0.1, -0.05) is 18.2 Å². The summed E-state index contributed by atoms with van der Waals surface area (Å²) < 4.78 is 28.4. The number of alkyl halides is 2. The van der Waals surface area contributed by atoms with Gasteiger partial charge in [0, 0.05) is 11.1 Å². The Labute approximate surface area is 123 Å². The Balaban J connectivity index is 1.76. The third-order valence-corrected chi connectivity index (χ3v) is 3.02. The second-order valence-electron chi connectivity index (χ2n) is 4.47. The highest BCUT2D eigenvalue weighted by atomic mass is 19.3. The van der Waals surface area contributed by atoms with Gasteiger partial charge < -0.3 is 10.1 Å². The highest BCUT2D eigenvalue weighted by Crippen LogP contribution is 2.20. The van der Waals surface area contributed by atoms with Gasteiger partial charge in [-0.3, -0.25) is 9.89 Å². The van der Waals surface area contributed by atoms with Gasteiger partial charge in [0.1, 0.15) is 5.75 Å². The van der Waals surface area contributed by atoms with E-state index in [-0.39, 0.29) is 17.4 Å². The fourth-order valence-electron chi connectivity index (χ4n) is 2.05. The van der Waals surface area contributed by atoms with E-state index in [2.05, 4.69) is 20.3 Å². The van der Waals surface area contributed by atoms with Crippen molar-refractivity contribution in [3.8, 4) is 5.75 Å². The van der Waals surface area contributed by atoms with Gasteiger partial charge in [-0.2, -0.15) is 13.9 Å². The van der Waals surface area contributed by atoms with Crippen molar-refractivity contribution in [1.29, 1.82) is 0 Å². The molecule has 0 bridgehead atoms. The third-order valence-electron chi connectivity index (χ3n) is 3.02. The molecule has 3 aromatic rings. The van der Waals surface area contributed by atoms with Gasteiger partial charge in [0.05, 0.1) is 5.52 Å². The highest BCUT2D eigenvalue weighted by Gasteiger charge is 2.14. The Bertz CT molecular complexity index is 800. The van der Waals surface area contributed by atoms with Crippen LogP contribution < -0.4 is 10.1 Å². The summed E-state index contributed by atoms with van der Waals surface area (Å²) in [6, 6.07) is 12.9. The maximum atomic E-state index is 12.2. The lowest BCUT2D eigenvalue weighted by Gasteiger charge is -2.06. The van der Waals surface area contributed by atoms with Crippen LogP contribution in [-0.4, -0.2) is 22.7 Å². The molecular formula is C15H11F2N3O2. The molecule has 5 nitrogen and oxygen atoms in total. The number of para-hydroxylation sites is 1. The van der Waals surface area contributed by atoms with E-state index in [1.165, 1.54) is 24.3 Å². The molecule has 22 heavy (non-hydrogen) atoms. The minimum absolute atomic E-state index is 0.0261. The van der Waals surface area contributed by atoms with Crippen LogP contribution in [0.25, 0.3) is 10.9 Å². The normalized spacial score (nSPS) is 10.9. The standard InChI is InChI=1S/C15H11F2N3O2/c16-15(17)22-10-7-5-9(6-8-10)18-14(21)13-11-3-1-2-4-12(11)19-20-13/h1-8,15H,(H,18,21)(H,19,20). The molecule has 0 saturated heterocycles. The number of fused-ring (bicyclic) bond motifs is 1. The van der Waals surface area contributed by atoms with Gasteiger partial charge in [-0.05, 0) is 30.3 Å². The summed E-state index contributed by atoms with van der Waals surface area (Å²) in [5.41, 5.74) is 1.48. The molecule has 0 aliphatic heterocycles. The summed E-state index contributed by atoms with van der Waals surface area (Å²) in [6.07, 6.45) is 0. The number of benzene rings is 2. The van der Waals surface area contributed by atoms with E-state index in [0.29, 0.717) is 11.1 Å². The second kappa shape index (κ2) is 5.80. The maximum Gasteiger partial charge on any atom is 0.387 e. The number of aromatic nitrogens is 2. The molecule has 0 aliphatic rings. The number of hydrogen-bond donors (Lipinski definition) is 2. The van der Waals surface area contributed by atoms with Crippen molar-refractivity contribution in [3.63, 3.8) is 0 Å². The predicted molar refractivity (Wildman–Crippen MR) is 77.1 cm³/mol. The molecule has 1 amide bonds. The van der Waals surface area contributed by atoms with E-state index in [1.54, 1.807) is 6.07 Å². The average molecular weight is 303 g/mol. The summed E-state index contributed by atoms with van der Waals surface area (Å²) in [6.45, 7) is -2.88. The minimum Gasteiger partial charge on any atom is -0.435 e. The predicted octanol–water partition coefficient (Wildman–Crippen LogP) is 3.42. The van der Waals surface area contributed by atoms with Crippen LogP contribution in [0.5, 0.6) is 5.75 Å². The highest BCUT2D eigenvalue weighted by molar-refractivity contribution is 6.11. The van der Waals surface area contributed by atoms with E-state index in [9.17, 15) is 13.6 Å². The lowest BCUT2D eigenvalue weighted by molar-refractivity contribution is -0.0498. The van der Waals surface area contributed by atoms with Crippen molar-refractivity contribution in [2.24, 2.45) is 0 Å². The topological polar surface area (TPSA) is 67.0 Å². The molecule has 0 aliphatic carbocycles. The first-order valence-electron chi connectivity index (χ1n) is 6.43. The van der Waals surface area contributed by atoms with Crippen molar-refractivity contribution < 1.29 is 18.3 Å². The monoisotopic (exact) mass is 303 g/mol. The number of amides is 1. The summed E-state index contributed by atoms with van der Waals surface area (Å²) in [4.78, 5) is 12.2. The average Bonchev–Trinajstić information content (AvgIpc) is 2.93. The first-order valence-corrected chi connectivity index (χ1v) is 6.43. The lowest BCUT2D eigenvalue weighted by Crippen LogP contribution is -2.12. The molecule has 112 valence electrons. The van der Waals surface area contributed by atoms with Crippen LogP contribution >= 0.6 is 0 Å². The molecule has 0 atom stereocenters. The molecule has 0 saturated carbocycles. The molecule has 0 unspecified atom stereocenters. The summed E-state index contributed by atoms with van der Waals surface area (Å²) in [7, 11) is 0. The largest absolute Gasteiger partial charge is 0.435 e. The van der Waals surface area contributed by atoms with E-state index in [4.69, 9.17) is 0 Å². The lowest BCUT2D eigenvalue weighted by atomic mass is 10.2. The fraction of sp³-hybridized carbons (Fsp3) is 0.0667. The zero-order valence-corrected chi connectivity index (χ0v) is 11.2. The summed E-state index contributed by atoms with van der Waals surface area (Å²) in [5, 5.41) is 10.1. The molecule has 1 heterocycles. The van der Waals surface area contributed by atoms with Crippen LogP contribution in [0, 0.1) is 0 Å². The number of anilines is 1. The van der Waals surface area contributed by atoms with Crippen molar-refractivity contribution in [2.45, 2.75) is 6.61 Å². The number of nitrogens with one attached hydrogen (secondary N) is 2.